The van der Waals surface area contributed by atoms with Gasteiger partial charge in [-0.05, 0) is 26.3 Å². The predicted octanol–water partition coefficient (Wildman–Crippen LogP) is 5.18. The zero-order valence-electron chi connectivity index (χ0n) is 13.9. The van der Waals surface area contributed by atoms with Crippen molar-refractivity contribution in [1.82, 2.24) is 0 Å². The van der Waals surface area contributed by atoms with Crippen LogP contribution in [-0.2, 0) is 0 Å². The van der Waals surface area contributed by atoms with Crippen LogP contribution in [-0.4, -0.2) is 17.8 Å². The molecule has 0 saturated heterocycles. The molecule has 0 aromatic rings. The van der Waals surface area contributed by atoms with E-state index < -0.39 is 0 Å². The van der Waals surface area contributed by atoms with Crippen molar-refractivity contribution in [2.45, 2.75) is 109 Å². The minimum atomic E-state index is -0.106. The number of hydrogen-bond donors (Lipinski definition) is 2. The number of hydrogen-bond acceptors (Lipinski definition) is 2. The van der Waals surface area contributed by atoms with Gasteiger partial charge in [-0.15, -0.1) is 0 Å². The van der Waals surface area contributed by atoms with Crippen LogP contribution in [0.15, 0.2) is 0 Å². The van der Waals surface area contributed by atoms with Gasteiger partial charge in [-0.2, -0.15) is 0 Å². The van der Waals surface area contributed by atoms with Gasteiger partial charge in [-0.25, -0.2) is 0 Å². The van der Waals surface area contributed by atoms with Gasteiger partial charge in [0.1, 0.15) is 0 Å². The molecule has 0 radical (unpaired) electrons. The lowest BCUT2D eigenvalue weighted by atomic mass is 10.0. The lowest BCUT2D eigenvalue weighted by Crippen LogP contribution is -1.98. The SMILES string of the molecule is CC(O)CCCCCCCCCCCCCCCCN. The summed E-state index contributed by atoms with van der Waals surface area (Å²) in [6.07, 6.45) is 20.0. The Labute approximate surface area is 127 Å². The number of aliphatic hydroxyl groups excluding tert-OH is 1. The van der Waals surface area contributed by atoms with Gasteiger partial charge in [0.25, 0.3) is 0 Å². The minimum absolute atomic E-state index is 0.106. The van der Waals surface area contributed by atoms with Crippen LogP contribution in [0.5, 0.6) is 0 Å². The fraction of sp³-hybridized carbons (Fsp3) is 1.00. The number of aliphatic hydroxyl groups is 1. The second-order valence-electron chi connectivity index (χ2n) is 6.38. The molecule has 0 amide bonds. The minimum Gasteiger partial charge on any atom is -0.393 e. The van der Waals surface area contributed by atoms with Crippen LogP contribution in [0.3, 0.4) is 0 Å². The van der Waals surface area contributed by atoms with Gasteiger partial charge >= 0.3 is 0 Å². The molecule has 20 heavy (non-hydrogen) atoms. The average Bonchev–Trinajstić information content (AvgIpc) is 2.43. The quantitative estimate of drug-likeness (QED) is 0.384. The second-order valence-corrected chi connectivity index (χ2v) is 6.38. The summed E-state index contributed by atoms with van der Waals surface area (Å²) < 4.78 is 0. The molecular formula is C18H39NO. The Hall–Kier alpha value is -0.0800. The summed E-state index contributed by atoms with van der Waals surface area (Å²) >= 11 is 0. The number of rotatable bonds is 16. The van der Waals surface area contributed by atoms with Crippen molar-refractivity contribution in [3.63, 3.8) is 0 Å². The van der Waals surface area contributed by atoms with E-state index >= 15 is 0 Å². The monoisotopic (exact) mass is 285 g/mol. The Kier molecular flexibility index (Phi) is 16.9. The Bertz CT molecular complexity index is 171. The molecule has 0 rings (SSSR count). The van der Waals surface area contributed by atoms with E-state index in [2.05, 4.69) is 0 Å². The topological polar surface area (TPSA) is 46.2 Å². The van der Waals surface area contributed by atoms with Crippen molar-refractivity contribution in [3.8, 4) is 0 Å². The highest BCUT2D eigenvalue weighted by Crippen LogP contribution is 2.13. The van der Waals surface area contributed by atoms with Crippen LogP contribution in [0.4, 0.5) is 0 Å². The third-order valence-electron chi connectivity index (χ3n) is 4.08. The molecule has 3 N–H and O–H groups in total. The lowest BCUT2D eigenvalue weighted by Gasteiger charge is -2.04. The average molecular weight is 286 g/mol. The van der Waals surface area contributed by atoms with Crippen LogP contribution >= 0.6 is 0 Å². The van der Waals surface area contributed by atoms with E-state index in [9.17, 15) is 0 Å². The van der Waals surface area contributed by atoms with Crippen molar-refractivity contribution >= 4 is 0 Å². The van der Waals surface area contributed by atoms with Gasteiger partial charge < -0.3 is 10.8 Å². The molecule has 0 spiro atoms. The number of unbranched alkanes of at least 4 members (excludes halogenated alkanes) is 13. The molecule has 2 nitrogen and oxygen atoms in total. The van der Waals surface area contributed by atoms with Gasteiger partial charge in [-0.1, -0.05) is 83.5 Å². The molecule has 2 heteroatoms. The highest BCUT2D eigenvalue weighted by atomic mass is 16.3. The molecule has 0 bridgehead atoms. The van der Waals surface area contributed by atoms with E-state index in [-0.39, 0.29) is 6.10 Å². The largest absolute Gasteiger partial charge is 0.393 e. The summed E-state index contributed by atoms with van der Waals surface area (Å²) in [6, 6.07) is 0. The van der Waals surface area contributed by atoms with E-state index in [1.165, 1.54) is 89.9 Å². The van der Waals surface area contributed by atoms with E-state index in [1.807, 2.05) is 6.92 Å². The normalized spacial score (nSPS) is 12.8. The molecule has 0 aromatic carbocycles. The summed E-state index contributed by atoms with van der Waals surface area (Å²) in [7, 11) is 0. The summed E-state index contributed by atoms with van der Waals surface area (Å²) in [4.78, 5) is 0. The van der Waals surface area contributed by atoms with Crippen LogP contribution in [0.25, 0.3) is 0 Å². The smallest absolute Gasteiger partial charge is 0.0512 e. The fourth-order valence-corrected chi connectivity index (χ4v) is 2.71. The molecule has 1 unspecified atom stereocenters. The van der Waals surface area contributed by atoms with Gasteiger partial charge in [0.05, 0.1) is 6.10 Å². The molecule has 0 aliphatic carbocycles. The van der Waals surface area contributed by atoms with E-state index in [0.29, 0.717) is 0 Å². The standard InChI is InChI=1S/C18H39NO/c1-18(20)16-14-12-10-8-6-4-2-3-5-7-9-11-13-15-17-19/h18,20H,2-17,19H2,1H3. The zero-order valence-corrected chi connectivity index (χ0v) is 13.9. The van der Waals surface area contributed by atoms with Gasteiger partial charge in [0.15, 0.2) is 0 Å². The van der Waals surface area contributed by atoms with Crippen LogP contribution < -0.4 is 5.73 Å². The molecule has 1 atom stereocenters. The Morgan fingerprint density at radius 3 is 1.20 bits per heavy atom. The summed E-state index contributed by atoms with van der Waals surface area (Å²) in [6.45, 7) is 2.75. The molecule has 0 aromatic heterocycles. The first-order valence-electron chi connectivity index (χ1n) is 9.15. The molecule has 122 valence electrons. The maximum atomic E-state index is 9.15. The maximum Gasteiger partial charge on any atom is 0.0512 e. The van der Waals surface area contributed by atoms with Crippen molar-refractivity contribution in [2.24, 2.45) is 5.73 Å². The first-order chi connectivity index (χ1) is 9.77. The maximum absolute atomic E-state index is 9.15. The molecule has 0 heterocycles. The molecule has 0 aliphatic heterocycles. The fourth-order valence-electron chi connectivity index (χ4n) is 2.71. The van der Waals surface area contributed by atoms with Gasteiger partial charge in [-0.3, -0.25) is 0 Å². The molecule has 0 aliphatic rings. The van der Waals surface area contributed by atoms with Crippen LogP contribution in [0.2, 0.25) is 0 Å². The first-order valence-corrected chi connectivity index (χ1v) is 9.15. The Balaban J connectivity index is 2.92. The summed E-state index contributed by atoms with van der Waals surface area (Å²) in [5.41, 5.74) is 5.48. The lowest BCUT2D eigenvalue weighted by molar-refractivity contribution is 0.180. The predicted molar refractivity (Wildman–Crippen MR) is 90.0 cm³/mol. The Morgan fingerprint density at radius 1 is 0.600 bits per heavy atom. The van der Waals surface area contributed by atoms with E-state index in [4.69, 9.17) is 10.8 Å². The third kappa shape index (κ3) is 17.9. The molecule has 0 fully saturated rings. The third-order valence-corrected chi connectivity index (χ3v) is 4.08. The zero-order chi connectivity index (χ0) is 14.9. The van der Waals surface area contributed by atoms with Crippen molar-refractivity contribution in [3.05, 3.63) is 0 Å². The second kappa shape index (κ2) is 17.0. The van der Waals surface area contributed by atoms with Crippen molar-refractivity contribution in [2.75, 3.05) is 6.54 Å². The van der Waals surface area contributed by atoms with E-state index in [0.717, 1.165) is 13.0 Å². The van der Waals surface area contributed by atoms with Crippen molar-refractivity contribution < 1.29 is 5.11 Å². The highest BCUT2D eigenvalue weighted by Gasteiger charge is 1.96. The van der Waals surface area contributed by atoms with Gasteiger partial charge in [0.2, 0.25) is 0 Å². The van der Waals surface area contributed by atoms with E-state index in [1.54, 1.807) is 0 Å². The van der Waals surface area contributed by atoms with Crippen molar-refractivity contribution in [1.29, 1.82) is 0 Å². The first kappa shape index (κ1) is 19.9. The highest BCUT2D eigenvalue weighted by molar-refractivity contribution is 4.51. The van der Waals surface area contributed by atoms with Crippen LogP contribution in [0, 0.1) is 0 Å². The molecule has 0 saturated carbocycles. The van der Waals surface area contributed by atoms with Gasteiger partial charge in [0, 0.05) is 0 Å². The summed E-state index contributed by atoms with van der Waals surface area (Å²) in [5, 5.41) is 9.15. The van der Waals surface area contributed by atoms with Crippen LogP contribution in [0.1, 0.15) is 103 Å². The number of nitrogens with two attached hydrogens (primary N) is 1. The summed E-state index contributed by atoms with van der Waals surface area (Å²) in [5.74, 6) is 0. The molecular weight excluding hydrogens is 246 g/mol. The Morgan fingerprint density at radius 2 is 0.900 bits per heavy atom.